The van der Waals surface area contributed by atoms with Gasteiger partial charge in [0.15, 0.2) is 0 Å². The minimum absolute atomic E-state index is 0.174. The lowest BCUT2D eigenvalue weighted by atomic mass is 9.96. The van der Waals surface area contributed by atoms with Gasteiger partial charge in [-0.3, -0.25) is 9.59 Å². The Labute approximate surface area is 176 Å². The van der Waals surface area contributed by atoms with E-state index in [0.717, 1.165) is 11.3 Å². The molecule has 6 nitrogen and oxygen atoms in total. The fourth-order valence-electron chi connectivity index (χ4n) is 3.15. The zero-order valence-electron chi connectivity index (χ0n) is 17.5. The van der Waals surface area contributed by atoms with Crippen molar-refractivity contribution in [3.8, 4) is 5.75 Å². The van der Waals surface area contributed by atoms with Gasteiger partial charge in [0.05, 0.1) is 12.7 Å². The van der Waals surface area contributed by atoms with Crippen LogP contribution in [0.15, 0.2) is 47.6 Å². The first-order valence-corrected chi connectivity index (χ1v) is 10.5. The Morgan fingerprint density at radius 1 is 1.28 bits per heavy atom. The van der Waals surface area contributed by atoms with Crippen molar-refractivity contribution in [2.75, 3.05) is 12.9 Å². The second-order valence-corrected chi connectivity index (χ2v) is 9.33. The fourth-order valence-corrected chi connectivity index (χ4v) is 4.30. The van der Waals surface area contributed by atoms with Crippen LogP contribution in [-0.2, 0) is 11.3 Å². The van der Waals surface area contributed by atoms with Gasteiger partial charge in [-0.25, -0.2) is 4.98 Å². The fraction of sp³-hybridized carbons (Fsp3) is 0.409. The van der Waals surface area contributed by atoms with E-state index in [1.54, 1.807) is 30.3 Å². The van der Waals surface area contributed by atoms with Gasteiger partial charge in [-0.1, -0.05) is 12.1 Å². The lowest BCUT2D eigenvalue weighted by molar-refractivity contribution is -0.131. The van der Waals surface area contributed by atoms with Crippen LogP contribution in [0.5, 0.6) is 5.75 Å². The summed E-state index contributed by atoms with van der Waals surface area (Å²) in [7, 11) is 1.61. The van der Waals surface area contributed by atoms with Crippen LogP contribution in [-0.4, -0.2) is 45.6 Å². The van der Waals surface area contributed by atoms with Crippen LogP contribution in [0, 0.1) is 0 Å². The van der Waals surface area contributed by atoms with Crippen LogP contribution in [0.4, 0.5) is 0 Å². The van der Waals surface area contributed by atoms with E-state index in [1.807, 2.05) is 52.0 Å². The van der Waals surface area contributed by atoms with E-state index in [9.17, 15) is 9.59 Å². The number of carbonyl (C=O) groups excluding carboxylic acids is 2. The molecule has 2 aromatic rings. The van der Waals surface area contributed by atoms with Gasteiger partial charge in [0.25, 0.3) is 5.91 Å². The van der Waals surface area contributed by atoms with Crippen molar-refractivity contribution in [1.29, 1.82) is 0 Å². The van der Waals surface area contributed by atoms with Crippen molar-refractivity contribution in [1.82, 2.24) is 15.2 Å². The van der Waals surface area contributed by atoms with Crippen molar-refractivity contribution in [2.45, 2.75) is 50.3 Å². The zero-order valence-corrected chi connectivity index (χ0v) is 18.3. The molecule has 0 fully saturated rings. The summed E-state index contributed by atoms with van der Waals surface area (Å²) < 4.78 is 5.22. The molecule has 1 atom stereocenters. The highest BCUT2D eigenvalue weighted by Crippen LogP contribution is 2.35. The second kappa shape index (κ2) is 8.06. The topological polar surface area (TPSA) is 71.5 Å². The number of aromatic nitrogens is 1. The summed E-state index contributed by atoms with van der Waals surface area (Å²) in [4.78, 5) is 32.9. The molecule has 1 N–H and O–H groups in total. The maximum atomic E-state index is 13.5. The highest BCUT2D eigenvalue weighted by molar-refractivity contribution is 7.99. The lowest BCUT2D eigenvalue weighted by Gasteiger charge is -2.40. The van der Waals surface area contributed by atoms with Crippen LogP contribution < -0.4 is 10.1 Å². The van der Waals surface area contributed by atoms with Crippen molar-refractivity contribution >= 4 is 23.6 Å². The minimum atomic E-state index is -1.03. The average molecular weight is 414 g/mol. The summed E-state index contributed by atoms with van der Waals surface area (Å²) in [6.45, 7) is 7.94. The van der Waals surface area contributed by atoms with Crippen LogP contribution >= 0.6 is 11.8 Å². The van der Waals surface area contributed by atoms with Crippen LogP contribution in [0.3, 0.4) is 0 Å². The molecule has 1 unspecified atom stereocenters. The molecule has 154 valence electrons. The molecule has 0 saturated carbocycles. The van der Waals surface area contributed by atoms with E-state index in [2.05, 4.69) is 10.3 Å². The lowest BCUT2D eigenvalue weighted by Crippen LogP contribution is -2.62. The molecule has 7 heteroatoms. The Balaban J connectivity index is 2.02. The highest BCUT2D eigenvalue weighted by atomic mass is 32.2. The predicted octanol–water partition coefficient (Wildman–Crippen LogP) is 3.51. The van der Waals surface area contributed by atoms with Gasteiger partial charge in [0.1, 0.15) is 16.3 Å². The summed E-state index contributed by atoms with van der Waals surface area (Å²) in [6.07, 6.45) is 1.67. The molecule has 0 spiro atoms. The number of pyridine rings is 1. The van der Waals surface area contributed by atoms with Crippen LogP contribution in [0.1, 0.15) is 43.6 Å². The van der Waals surface area contributed by atoms with Crippen molar-refractivity contribution < 1.29 is 14.3 Å². The van der Waals surface area contributed by atoms with Crippen molar-refractivity contribution in [2.24, 2.45) is 0 Å². The number of nitrogens with one attached hydrogen (secondary N) is 1. The summed E-state index contributed by atoms with van der Waals surface area (Å²) in [5.74, 6) is 0.794. The van der Waals surface area contributed by atoms with E-state index < -0.39 is 11.1 Å². The van der Waals surface area contributed by atoms with Gasteiger partial charge in [0.2, 0.25) is 5.91 Å². The maximum Gasteiger partial charge on any atom is 0.257 e. The Kier molecular flexibility index (Phi) is 5.89. The summed E-state index contributed by atoms with van der Waals surface area (Å²) >= 11 is 1.44. The average Bonchev–Trinajstić information content (AvgIpc) is 2.78. The smallest absolute Gasteiger partial charge is 0.257 e. The number of rotatable bonds is 4. The number of nitrogens with zero attached hydrogens (tertiary/aromatic N) is 2. The number of carbonyl (C=O) groups is 2. The molecular weight excluding hydrogens is 386 g/mol. The molecule has 2 heterocycles. The maximum absolute atomic E-state index is 13.5. The number of fused-ring (bicyclic) bond motifs is 1. The Morgan fingerprint density at radius 2 is 1.97 bits per heavy atom. The van der Waals surface area contributed by atoms with E-state index >= 15 is 0 Å². The molecule has 1 aromatic carbocycles. The molecule has 2 amide bonds. The Hall–Kier alpha value is -2.54. The first-order chi connectivity index (χ1) is 13.6. The number of benzene rings is 1. The first kappa shape index (κ1) is 21.2. The number of hydrogen-bond acceptors (Lipinski definition) is 5. The Bertz CT molecular complexity index is 908. The largest absolute Gasteiger partial charge is 0.497 e. The molecule has 3 rings (SSSR count). The number of amides is 2. The van der Waals surface area contributed by atoms with E-state index in [-0.39, 0.29) is 11.8 Å². The molecule has 29 heavy (non-hydrogen) atoms. The van der Waals surface area contributed by atoms with Gasteiger partial charge in [-0.15, -0.1) is 11.8 Å². The number of thioether (sulfide) groups is 1. The third kappa shape index (κ3) is 4.56. The normalized spacial score (nSPS) is 19.3. The Morgan fingerprint density at radius 3 is 2.59 bits per heavy atom. The predicted molar refractivity (Wildman–Crippen MR) is 114 cm³/mol. The van der Waals surface area contributed by atoms with E-state index in [0.29, 0.717) is 22.9 Å². The van der Waals surface area contributed by atoms with Crippen LogP contribution in [0.2, 0.25) is 0 Å². The van der Waals surface area contributed by atoms with Gasteiger partial charge < -0.3 is 15.0 Å². The number of methoxy groups -OCH3 is 1. The van der Waals surface area contributed by atoms with Gasteiger partial charge in [0, 0.05) is 24.0 Å². The summed E-state index contributed by atoms with van der Waals surface area (Å²) in [5, 5.41) is 3.71. The molecule has 0 bridgehead atoms. The third-order valence-corrected chi connectivity index (χ3v) is 6.12. The standard InChI is InChI=1S/C22H27N3O3S/c1-21(2,3)24-20(27)22(4)14-29-18-17(7-6-12-23-18)19(26)25(22)13-15-8-10-16(28-5)11-9-15/h6-12H,13-14H2,1-5H3,(H,24,27). The third-order valence-electron chi connectivity index (χ3n) is 4.81. The molecule has 0 aliphatic carbocycles. The van der Waals surface area contributed by atoms with E-state index in [1.165, 1.54) is 11.8 Å². The van der Waals surface area contributed by atoms with Crippen molar-refractivity contribution in [3.05, 3.63) is 53.7 Å². The molecule has 1 aromatic heterocycles. The van der Waals surface area contributed by atoms with E-state index in [4.69, 9.17) is 4.74 Å². The summed E-state index contributed by atoms with van der Waals surface area (Å²) in [5.41, 5.74) is 0.0108. The monoisotopic (exact) mass is 413 g/mol. The minimum Gasteiger partial charge on any atom is -0.497 e. The summed E-state index contributed by atoms with van der Waals surface area (Å²) in [6, 6.07) is 11.1. The molecule has 0 saturated heterocycles. The quantitative estimate of drug-likeness (QED) is 0.831. The molecule has 0 radical (unpaired) electrons. The van der Waals surface area contributed by atoms with Gasteiger partial charge >= 0.3 is 0 Å². The first-order valence-electron chi connectivity index (χ1n) is 9.49. The zero-order chi connectivity index (χ0) is 21.2. The number of ether oxygens (including phenoxy) is 1. The van der Waals surface area contributed by atoms with Crippen LogP contribution in [0.25, 0.3) is 0 Å². The molecular formula is C22H27N3O3S. The second-order valence-electron chi connectivity index (χ2n) is 8.36. The van der Waals surface area contributed by atoms with Crippen molar-refractivity contribution in [3.63, 3.8) is 0 Å². The SMILES string of the molecule is COc1ccc(CN2C(=O)c3cccnc3SCC2(C)C(=O)NC(C)(C)C)cc1. The molecule has 1 aliphatic heterocycles. The van der Waals surface area contributed by atoms with Gasteiger partial charge in [-0.05, 0) is 57.5 Å². The number of hydrogen-bond donors (Lipinski definition) is 1. The highest BCUT2D eigenvalue weighted by Gasteiger charge is 2.46. The van der Waals surface area contributed by atoms with Gasteiger partial charge in [-0.2, -0.15) is 0 Å². The molecule has 1 aliphatic rings.